The zero-order valence-electron chi connectivity index (χ0n) is 11.5. The quantitative estimate of drug-likeness (QED) is 0.807. The summed E-state index contributed by atoms with van der Waals surface area (Å²) >= 11 is 2.32. The maximum atomic E-state index is 5.35. The molecule has 0 radical (unpaired) electrons. The molecule has 4 nitrogen and oxygen atoms in total. The number of nitrogens with one attached hydrogen (secondary N) is 1. The Balaban J connectivity index is 2.52. The second-order valence-electron chi connectivity index (χ2n) is 4.33. The lowest BCUT2D eigenvalue weighted by Gasteiger charge is -2.11. The largest absolute Gasteiger partial charge is 0.469 e. The maximum absolute atomic E-state index is 5.35. The molecule has 0 aliphatic carbocycles. The minimum absolute atomic E-state index is 0.742. The van der Waals surface area contributed by atoms with Crippen molar-refractivity contribution in [3.63, 3.8) is 0 Å². The lowest BCUT2D eigenvalue weighted by Crippen LogP contribution is -2.08. The van der Waals surface area contributed by atoms with Crippen LogP contribution in [0.5, 0.6) is 0 Å². The van der Waals surface area contributed by atoms with Crippen molar-refractivity contribution in [2.24, 2.45) is 0 Å². The molecule has 1 N–H and O–H groups in total. The number of anilines is 1. The molecule has 0 unspecified atom stereocenters. The summed E-state index contributed by atoms with van der Waals surface area (Å²) in [7, 11) is 0. The summed E-state index contributed by atoms with van der Waals surface area (Å²) in [5.74, 6) is 2.51. The van der Waals surface area contributed by atoms with Crippen molar-refractivity contribution in [1.29, 1.82) is 0 Å². The van der Waals surface area contributed by atoms with Crippen molar-refractivity contribution in [3.05, 3.63) is 27.4 Å². The number of halogens is 1. The molecule has 0 saturated carbocycles. The van der Waals surface area contributed by atoms with Crippen LogP contribution >= 0.6 is 22.6 Å². The number of aryl methyl sites for hydroxylation is 2. The van der Waals surface area contributed by atoms with Gasteiger partial charge in [-0.3, -0.25) is 0 Å². The first-order valence-corrected chi connectivity index (χ1v) is 7.60. The van der Waals surface area contributed by atoms with Gasteiger partial charge in [0.05, 0.1) is 21.1 Å². The smallest absolute Gasteiger partial charge is 0.165 e. The third-order valence-corrected chi connectivity index (χ3v) is 3.98. The predicted octanol–water partition coefficient (Wildman–Crippen LogP) is 4.03. The summed E-state index contributed by atoms with van der Waals surface area (Å²) in [6, 6.07) is 1.92. The van der Waals surface area contributed by atoms with Crippen LogP contribution in [0.1, 0.15) is 31.7 Å². The third-order valence-electron chi connectivity index (χ3n) is 2.85. The van der Waals surface area contributed by atoms with Crippen molar-refractivity contribution >= 4 is 28.4 Å². The fourth-order valence-electron chi connectivity index (χ4n) is 1.92. The van der Waals surface area contributed by atoms with Crippen LogP contribution in [0.2, 0.25) is 0 Å². The predicted molar refractivity (Wildman–Crippen MR) is 85.3 cm³/mol. The lowest BCUT2D eigenvalue weighted by atomic mass is 10.2. The Morgan fingerprint density at radius 1 is 1.32 bits per heavy atom. The summed E-state index contributed by atoms with van der Waals surface area (Å²) in [6.45, 7) is 7.01. The molecule has 0 aliphatic rings. The SMILES string of the molecule is CCCc1nc(-c2ccoc2C)nc(NCC)c1I. The first-order chi connectivity index (χ1) is 9.17. The van der Waals surface area contributed by atoms with Crippen molar-refractivity contribution in [3.8, 4) is 11.4 Å². The molecule has 2 aromatic rings. The average molecular weight is 371 g/mol. The fraction of sp³-hybridized carbons (Fsp3) is 0.429. The molecule has 0 spiro atoms. The van der Waals surface area contributed by atoms with Crippen molar-refractivity contribution < 1.29 is 4.42 Å². The number of hydrogen-bond donors (Lipinski definition) is 1. The Bertz CT molecular complexity index is 539. The first kappa shape index (κ1) is 14.3. The minimum Gasteiger partial charge on any atom is -0.469 e. The standard InChI is InChI=1S/C14H18IN3O/c1-4-6-11-12(15)14(16-5-2)18-13(17-11)10-7-8-19-9(10)3/h7-8H,4-6H2,1-3H3,(H,16,17,18). The van der Waals surface area contributed by atoms with Gasteiger partial charge in [0.1, 0.15) is 11.6 Å². The number of furan rings is 1. The second kappa shape index (κ2) is 6.36. The van der Waals surface area contributed by atoms with Gasteiger partial charge < -0.3 is 9.73 Å². The van der Waals surface area contributed by atoms with E-state index in [1.54, 1.807) is 6.26 Å². The van der Waals surface area contributed by atoms with Crippen molar-refractivity contribution in [2.45, 2.75) is 33.6 Å². The van der Waals surface area contributed by atoms with Crippen LogP contribution in [0, 0.1) is 10.5 Å². The molecule has 0 fully saturated rings. The van der Waals surface area contributed by atoms with Gasteiger partial charge in [0.25, 0.3) is 0 Å². The van der Waals surface area contributed by atoms with Crippen LogP contribution in [0.4, 0.5) is 5.82 Å². The van der Waals surface area contributed by atoms with E-state index in [0.29, 0.717) is 0 Å². The van der Waals surface area contributed by atoms with Gasteiger partial charge in [-0.1, -0.05) is 13.3 Å². The lowest BCUT2D eigenvalue weighted by molar-refractivity contribution is 0.535. The zero-order chi connectivity index (χ0) is 13.8. The maximum Gasteiger partial charge on any atom is 0.165 e. The van der Waals surface area contributed by atoms with Gasteiger partial charge in [0.15, 0.2) is 5.82 Å². The normalized spacial score (nSPS) is 10.7. The van der Waals surface area contributed by atoms with Gasteiger partial charge in [0.2, 0.25) is 0 Å². The average Bonchev–Trinajstić information content (AvgIpc) is 2.81. The molecule has 2 heterocycles. The summed E-state index contributed by atoms with van der Waals surface area (Å²) in [6.07, 6.45) is 3.71. The Hall–Kier alpha value is -1.11. The minimum atomic E-state index is 0.742. The number of nitrogens with zero attached hydrogens (tertiary/aromatic N) is 2. The van der Waals surface area contributed by atoms with Crippen LogP contribution in [0.25, 0.3) is 11.4 Å². The van der Waals surface area contributed by atoms with Crippen LogP contribution in [0.15, 0.2) is 16.7 Å². The topological polar surface area (TPSA) is 51.0 Å². The molecule has 0 saturated heterocycles. The fourth-order valence-corrected chi connectivity index (χ4v) is 2.62. The van der Waals surface area contributed by atoms with E-state index in [2.05, 4.69) is 51.7 Å². The highest BCUT2D eigenvalue weighted by atomic mass is 127. The molecule has 102 valence electrons. The van der Waals surface area contributed by atoms with Gasteiger partial charge in [-0.15, -0.1) is 0 Å². The van der Waals surface area contributed by atoms with E-state index in [1.165, 1.54) is 0 Å². The van der Waals surface area contributed by atoms with E-state index in [0.717, 1.165) is 51.6 Å². The van der Waals surface area contributed by atoms with Gasteiger partial charge in [-0.25, -0.2) is 9.97 Å². The van der Waals surface area contributed by atoms with Gasteiger partial charge >= 0.3 is 0 Å². The summed E-state index contributed by atoms with van der Waals surface area (Å²) in [5.41, 5.74) is 2.07. The van der Waals surface area contributed by atoms with Gasteiger partial charge in [-0.05, 0) is 48.9 Å². The molecule has 0 aliphatic heterocycles. The second-order valence-corrected chi connectivity index (χ2v) is 5.41. The van der Waals surface area contributed by atoms with Crippen LogP contribution in [0.3, 0.4) is 0 Å². The highest BCUT2D eigenvalue weighted by molar-refractivity contribution is 14.1. The summed E-state index contributed by atoms with van der Waals surface area (Å²) in [5, 5.41) is 3.31. The number of aromatic nitrogens is 2. The molecule has 0 aromatic carbocycles. The van der Waals surface area contributed by atoms with Crippen LogP contribution in [-0.4, -0.2) is 16.5 Å². The molecular weight excluding hydrogens is 353 g/mol. The Morgan fingerprint density at radius 3 is 2.68 bits per heavy atom. The molecule has 5 heteroatoms. The molecule has 0 atom stereocenters. The number of hydrogen-bond acceptors (Lipinski definition) is 4. The van der Waals surface area contributed by atoms with Crippen LogP contribution in [-0.2, 0) is 6.42 Å². The Morgan fingerprint density at radius 2 is 2.11 bits per heavy atom. The highest BCUT2D eigenvalue weighted by Crippen LogP contribution is 2.27. The molecule has 19 heavy (non-hydrogen) atoms. The van der Waals surface area contributed by atoms with E-state index in [1.807, 2.05) is 13.0 Å². The molecule has 0 amide bonds. The van der Waals surface area contributed by atoms with Crippen molar-refractivity contribution in [1.82, 2.24) is 9.97 Å². The number of rotatable bonds is 5. The molecule has 2 rings (SSSR count). The Kier molecular flexibility index (Phi) is 4.79. The van der Waals surface area contributed by atoms with E-state index in [4.69, 9.17) is 4.42 Å². The monoisotopic (exact) mass is 371 g/mol. The van der Waals surface area contributed by atoms with E-state index in [-0.39, 0.29) is 0 Å². The third kappa shape index (κ3) is 3.08. The van der Waals surface area contributed by atoms with Gasteiger partial charge in [0, 0.05) is 6.54 Å². The van der Waals surface area contributed by atoms with Gasteiger partial charge in [-0.2, -0.15) is 0 Å². The summed E-state index contributed by atoms with van der Waals surface area (Å²) < 4.78 is 6.46. The van der Waals surface area contributed by atoms with Crippen molar-refractivity contribution in [2.75, 3.05) is 11.9 Å². The first-order valence-electron chi connectivity index (χ1n) is 6.52. The van der Waals surface area contributed by atoms with E-state index in [9.17, 15) is 0 Å². The highest BCUT2D eigenvalue weighted by Gasteiger charge is 2.14. The molecule has 0 bridgehead atoms. The van der Waals surface area contributed by atoms with E-state index < -0.39 is 0 Å². The summed E-state index contributed by atoms with van der Waals surface area (Å²) in [4.78, 5) is 9.31. The van der Waals surface area contributed by atoms with Crippen LogP contribution < -0.4 is 5.32 Å². The Labute approximate surface area is 127 Å². The molecule has 2 aromatic heterocycles. The molecular formula is C14H18IN3O. The zero-order valence-corrected chi connectivity index (χ0v) is 13.6. The van der Waals surface area contributed by atoms with E-state index >= 15 is 0 Å².